The number of sulfonamides is 1. The van der Waals surface area contributed by atoms with Crippen LogP contribution >= 0.6 is 0 Å². The highest BCUT2D eigenvalue weighted by molar-refractivity contribution is 7.89. The summed E-state index contributed by atoms with van der Waals surface area (Å²) in [4.78, 5) is 0. The van der Waals surface area contributed by atoms with E-state index >= 15 is 0 Å². The Kier molecular flexibility index (Phi) is 5.02. The van der Waals surface area contributed by atoms with Crippen LogP contribution in [0.5, 0.6) is 0 Å². The first kappa shape index (κ1) is 12.9. The van der Waals surface area contributed by atoms with Gasteiger partial charge in [0.05, 0.1) is 5.75 Å². The summed E-state index contributed by atoms with van der Waals surface area (Å²) in [6, 6.07) is 0.706. The molecule has 0 amide bonds. The standard InChI is InChI=1S/C10H22N2O2S/c1-9(2)8-15(13,14)12-7-3-6-11-10-4-5-10/h9-12H,3-8H2,1-2H3. The van der Waals surface area contributed by atoms with Crippen LogP contribution in [-0.4, -0.2) is 33.3 Å². The third-order valence-corrected chi connectivity index (χ3v) is 3.99. The summed E-state index contributed by atoms with van der Waals surface area (Å²) in [5, 5.41) is 3.35. The van der Waals surface area contributed by atoms with E-state index in [0.717, 1.165) is 13.0 Å². The zero-order valence-corrected chi connectivity index (χ0v) is 10.4. The maximum absolute atomic E-state index is 11.4. The van der Waals surface area contributed by atoms with Gasteiger partial charge in [-0.25, -0.2) is 13.1 Å². The highest BCUT2D eigenvalue weighted by Crippen LogP contribution is 2.18. The molecule has 1 rings (SSSR count). The van der Waals surface area contributed by atoms with Crippen LogP contribution in [0.15, 0.2) is 0 Å². The molecule has 0 aromatic rings. The molecule has 5 heteroatoms. The second kappa shape index (κ2) is 5.82. The van der Waals surface area contributed by atoms with Crippen molar-refractivity contribution in [2.24, 2.45) is 5.92 Å². The van der Waals surface area contributed by atoms with Crippen molar-refractivity contribution < 1.29 is 8.42 Å². The predicted octanol–water partition coefficient (Wildman–Crippen LogP) is 0.704. The molecule has 0 atom stereocenters. The van der Waals surface area contributed by atoms with Gasteiger partial charge in [-0.05, 0) is 31.7 Å². The molecule has 0 heterocycles. The first-order valence-electron chi connectivity index (χ1n) is 5.70. The Hall–Kier alpha value is -0.130. The van der Waals surface area contributed by atoms with Gasteiger partial charge in [-0.1, -0.05) is 13.8 Å². The predicted molar refractivity (Wildman–Crippen MR) is 62.3 cm³/mol. The van der Waals surface area contributed by atoms with Crippen molar-refractivity contribution >= 4 is 10.0 Å². The lowest BCUT2D eigenvalue weighted by molar-refractivity contribution is 0.561. The van der Waals surface area contributed by atoms with Gasteiger partial charge in [0.15, 0.2) is 0 Å². The van der Waals surface area contributed by atoms with Crippen LogP contribution in [0.4, 0.5) is 0 Å². The van der Waals surface area contributed by atoms with Gasteiger partial charge in [-0.3, -0.25) is 0 Å². The van der Waals surface area contributed by atoms with Crippen molar-refractivity contribution in [3.63, 3.8) is 0 Å². The van der Waals surface area contributed by atoms with E-state index in [1.807, 2.05) is 13.8 Å². The SMILES string of the molecule is CC(C)CS(=O)(=O)NCCCNC1CC1. The number of nitrogens with one attached hydrogen (secondary N) is 2. The van der Waals surface area contributed by atoms with Crippen molar-refractivity contribution in [3.05, 3.63) is 0 Å². The molecule has 1 saturated carbocycles. The third kappa shape index (κ3) is 6.87. The molecule has 0 radical (unpaired) electrons. The van der Waals surface area contributed by atoms with E-state index in [-0.39, 0.29) is 11.7 Å². The number of hydrogen-bond acceptors (Lipinski definition) is 3. The zero-order chi connectivity index (χ0) is 11.3. The van der Waals surface area contributed by atoms with Crippen LogP contribution in [0, 0.1) is 5.92 Å². The molecule has 0 bridgehead atoms. The Bertz CT molecular complexity index is 271. The van der Waals surface area contributed by atoms with E-state index in [2.05, 4.69) is 10.0 Å². The minimum atomic E-state index is -3.04. The molecule has 2 N–H and O–H groups in total. The number of hydrogen-bond donors (Lipinski definition) is 2. The Balaban J connectivity index is 2.01. The monoisotopic (exact) mass is 234 g/mol. The average molecular weight is 234 g/mol. The van der Waals surface area contributed by atoms with Crippen molar-refractivity contribution in [3.8, 4) is 0 Å². The van der Waals surface area contributed by atoms with Crippen molar-refractivity contribution in [1.29, 1.82) is 0 Å². The Morgan fingerprint density at radius 2 is 1.93 bits per heavy atom. The molecule has 15 heavy (non-hydrogen) atoms. The molecule has 0 aromatic carbocycles. The maximum Gasteiger partial charge on any atom is 0.211 e. The van der Waals surface area contributed by atoms with Crippen LogP contribution in [0.1, 0.15) is 33.1 Å². The van der Waals surface area contributed by atoms with Crippen LogP contribution in [-0.2, 0) is 10.0 Å². The third-order valence-electron chi connectivity index (χ3n) is 2.24. The van der Waals surface area contributed by atoms with Crippen molar-refractivity contribution in [1.82, 2.24) is 10.0 Å². The highest BCUT2D eigenvalue weighted by Gasteiger charge is 2.19. The molecule has 0 aliphatic heterocycles. The largest absolute Gasteiger partial charge is 0.314 e. The number of rotatable bonds is 8. The molecule has 90 valence electrons. The van der Waals surface area contributed by atoms with Crippen molar-refractivity contribution in [2.45, 2.75) is 39.2 Å². The van der Waals surface area contributed by atoms with E-state index < -0.39 is 10.0 Å². The first-order chi connectivity index (χ1) is 6.99. The van der Waals surface area contributed by atoms with E-state index in [4.69, 9.17) is 0 Å². The van der Waals surface area contributed by atoms with Crippen LogP contribution in [0.3, 0.4) is 0 Å². The van der Waals surface area contributed by atoms with Crippen molar-refractivity contribution in [2.75, 3.05) is 18.8 Å². The summed E-state index contributed by atoms with van der Waals surface area (Å²) in [7, 11) is -3.04. The molecule has 0 saturated heterocycles. The summed E-state index contributed by atoms with van der Waals surface area (Å²) in [5.41, 5.74) is 0. The summed E-state index contributed by atoms with van der Waals surface area (Å²) in [6.45, 7) is 5.28. The summed E-state index contributed by atoms with van der Waals surface area (Å²) >= 11 is 0. The van der Waals surface area contributed by atoms with Crippen LogP contribution in [0.2, 0.25) is 0 Å². The van der Waals surface area contributed by atoms with E-state index in [1.54, 1.807) is 0 Å². The molecule has 0 unspecified atom stereocenters. The summed E-state index contributed by atoms with van der Waals surface area (Å²) < 4.78 is 25.5. The fraction of sp³-hybridized carbons (Fsp3) is 1.00. The van der Waals surface area contributed by atoms with Gasteiger partial charge in [0.25, 0.3) is 0 Å². The molecule has 0 aromatic heterocycles. The lowest BCUT2D eigenvalue weighted by Gasteiger charge is -2.08. The normalized spacial score (nSPS) is 17.3. The lowest BCUT2D eigenvalue weighted by atomic mass is 10.3. The van der Waals surface area contributed by atoms with Gasteiger partial charge in [0.1, 0.15) is 0 Å². The smallest absolute Gasteiger partial charge is 0.211 e. The van der Waals surface area contributed by atoms with Gasteiger partial charge >= 0.3 is 0 Å². The fourth-order valence-corrected chi connectivity index (χ4v) is 2.86. The first-order valence-corrected chi connectivity index (χ1v) is 7.35. The van der Waals surface area contributed by atoms with Gasteiger partial charge in [-0.15, -0.1) is 0 Å². The maximum atomic E-state index is 11.4. The Labute approximate surface area is 92.9 Å². The summed E-state index contributed by atoms with van der Waals surface area (Å²) in [5.74, 6) is 0.412. The fourth-order valence-electron chi connectivity index (χ4n) is 1.41. The van der Waals surface area contributed by atoms with Crippen LogP contribution in [0.25, 0.3) is 0 Å². The van der Waals surface area contributed by atoms with E-state index in [1.165, 1.54) is 12.8 Å². The van der Waals surface area contributed by atoms with E-state index in [0.29, 0.717) is 12.6 Å². The topological polar surface area (TPSA) is 58.2 Å². The minimum Gasteiger partial charge on any atom is -0.314 e. The van der Waals surface area contributed by atoms with Gasteiger partial charge in [0, 0.05) is 12.6 Å². The molecule has 1 fully saturated rings. The van der Waals surface area contributed by atoms with E-state index in [9.17, 15) is 8.42 Å². The molecule has 1 aliphatic rings. The van der Waals surface area contributed by atoms with Gasteiger partial charge < -0.3 is 5.32 Å². The minimum absolute atomic E-state index is 0.187. The zero-order valence-electron chi connectivity index (χ0n) is 9.62. The highest BCUT2D eigenvalue weighted by atomic mass is 32.2. The quantitative estimate of drug-likeness (QED) is 0.608. The summed E-state index contributed by atoms with van der Waals surface area (Å²) in [6.07, 6.45) is 3.42. The lowest BCUT2D eigenvalue weighted by Crippen LogP contribution is -2.31. The van der Waals surface area contributed by atoms with Gasteiger partial charge in [0.2, 0.25) is 10.0 Å². The molecule has 4 nitrogen and oxygen atoms in total. The average Bonchev–Trinajstić information content (AvgIpc) is 2.84. The van der Waals surface area contributed by atoms with Crippen LogP contribution < -0.4 is 10.0 Å². The second-order valence-electron chi connectivity index (χ2n) is 4.65. The Morgan fingerprint density at radius 3 is 2.47 bits per heavy atom. The molecular weight excluding hydrogens is 212 g/mol. The Morgan fingerprint density at radius 1 is 1.27 bits per heavy atom. The molecular formula is C10H22N2O2S. The van der Waals surface area contributed by atoms with Gasteiger partial charge in [-0.2, -0.15) is 0 Å². The second-order valence-corrected chi connectivity index (χ2v) is 6.50. The molecule has 0 spiro atoms. The molecule has 1 aliphatic carbocycles.